The van der Waals surface area contributed by atoms with Crippen LogP contribution < -0.4 is 4.74 Å². The van der Waals surface area contributed by atoms with E-state index in [1.807, 2.05) is 31.3 Å². The van der Waals surface area contributed by atoms with Crippen LogP contribution in [0, 0.1) is 20.9 Å². The van der Waals surface area contributed by atoms with Crippen molar-refractivity contribution in [1.82, 2.24) is 4.90 Å². The van der Waals surface area contributed by atoms with E-state index in [1.54, 1.807) is 12.1 Å². The van der Waals surface area contributed by atoms with Gasteiger partial charge in [0.2, 0.25) is 0 Å². The highest BCUT2D eigenvalue weighted by molar-refractivity contribution is 6.06. The lowest BCUT2D eigenvalue weighted by Gasteiger charge is -2.47. The molecule has 0 aromatic heterocycles. The first-order valence-electron chi connectivity index (χ1n) is 13.1. The van der Waals surface area contributed by atoms with E-state index in [0.717, 1.165) is 46.5 Å². The number of nitro groups is 1. The predicted molar refractivity (Wildman–Crippen MR) is 144 cm³/mol. The Morgan fingerprint density at radius 2 is 1.34 bits per heavy atom. The van der Waals surface area contributed by atoms with Crippen molar-refractivity contribution in [2.75, 3.05) is 7.05 Å². The molecule has 0 fully saturated rings. The number of carbonyl (C=O) groups excluding carboxylic acids is 2. The van der Waals surface area contributed by atoms with Crippen molar-refractivity contribution < 1.29 is 19.2 Å². The molecule has 0 saturated carbocycles. The zero-order valence-electron chi connectivity index (χ0n) is 22.7. The average molecular weight is 515 g/mol. The first-order chi connectivity index (χ1) is 17.8. The first-order valence-corrected chi connectivity index (χ1v) is 13.1. The molecule has 7 heteroatoms. The van der Waals surface area contributed by atoms with Gasteiger partial charge in [0.15, 0.2) is 11.6 Å². The molecular formula is C31H34N2O5. The fourth-order valence-electron chi connectivity index (χ4n) is 6.14. The predicted octanol–water partition coefficient (Wildman–Crippen LogP) is 6.49. The van der Waals surface area contributed by atoms with Crippen LogP contribution in [0.1, 0.15) is 70.4 Å². The van der Waals surface area contributed by atoms with Gasteiger partial charge in [0.25, 0.3) is 5.69 Å². The molecule has 38 heavy (non-hydrogen) atoms. The number of ketones is 2. The quantitative estimate of drug-likeness (QED) is 0.335. The Hall–Kier alpha value is -3.74. The summed E-state index contributed by atoms with van der Waals surface area (Å²) >= 11 is 0. The zero-order valence-corrected chi connectivity index (χ0v) is 22.7. The molecule has 2 aromatic carbocycles. The van der Waals surface area contributed by atoms with Crippen molar-refractivity contribution in [3.05, 3.63) is 92.3 Å². The molecule has 0 spiro atoms. The van der Waals surface area contributed by atoms with Gasteiger partial charge in [-0.1, -0.05) is 39.8 Å². The second-order valence-electron chi connectivity index (χ2n) is 12.4. The largest absolute Gasteiger partial charge is 0.489 e. The fraction of sp³-hybridized carbons (Fsp3) is 0.419. The van der Waals surface area contributed by atoms with Gasteiger partial charge in [0.1, 0.15) is 12.4 Å². The van der Waals surface area contributed by atoms with E-state index in [4.69, 9.17) is 4.74 Å². The van der Waals surface area contributed by atoms with Gasteiger partial charge in [-0.15, -0.1) is 0 Å². The Morgan fingerprint density at radius 1 is 0.842 bits per heavy atom. The number of allylic oxidation sites excluding steroid dienone is 4. The third-order valence-corrected chi connectivity index (χ3v) is 7.95. The molecule has 5 rings (SSSR count). The molecule has 198 valence electrons. The van der Waals surface area contributed by atoms with Crippen molar-refractivity contribution >= 4 is 17.3 Å². The molecule has 7 nitrogen and oxygen atoms in total. The van der Waals surface area contributed by atoms with E-state index in [2.05, 4.69) is 32.6 Å². The highest BCUT2D eigenvalue weighted by Gasteiger charge is 2.48. The van der Waals surface area contributed by atoms with E-state index in [1.165, 1.54) is 12.1 Å². The van der Waals surface area contributed by atoms with E-state index in [9.17, 15) is 19.7 Å². The molecule has 0 saturated heterocycles. The number of Topliss-reactive ketones (excluding diaryl/α,β-unsaturated/α-hetero) is 2. The van der Waals surface area contributed by atoms with Crippen LogP contribution in [-0.2, 0) is 16.2 Å². The Labute approximate surface area is 223 Å². The molecule has 0 amide bonds. The van der Waals surface area contributed by atoms with Crippen LogP contribution in [-0.4, -0.2) is 28.4 Å². The van der Waals surface area contributed by atoms with Gasteiger partial charge in [-0.2, -0.15) is 0 Å². The van der Waals surface area contributed by atoms with Crippen LogP contribution in [0.3, 0.4) is 0 Å². The maximum atomic E-state index is 13.6. The highest BCUT2D eigenvalue weighted by atomic mass is 16.6. The summed E-state index contributed by atoms with van der Waals surface area (Å²) < 4.78 is 5.93. The average Bonchev–Trinajstić information content (AvgIpc) is 2.83. The third kappa shape index (κ3) is 4.77. The second-order valence-corrected chi connectivity index (χ2v) is 12.4. The number of ether oxygens (including phenoxy) is 1. The molecule has 2 aliphatic carbocycles. The molecule has 0 bridgehead atoms. The Kier molecular flexibility index (Phi) is 6.28. The van der Waals surface area contributed by atoms with Crippen molar-refractivity contribution in [2.24, 2.45) is 10.8 Å². The second kappa shape index (κ2) is 9.22. The molecule has 3 aliphatic rings. The minimum Gasteiger partial charge on any atom is -0.489 e. The lowest BCUT2D eigenvalue weighted by atomic mass is 9.64. The number of rotatable bonds is 5. The van der Waals surface area contributed by atoms with Gasteiger partial charge >= 0.3 is 0 Å². The Bertz CT molecular complexity index is 1330. The minimum absolute atomic E-state index is 0.0415. The zero-order chi connectivity index (χ0) is 27.4. The topological polar surface area (TPSA) is 89.8 Å². The number of nitrogens with zero attached hydrogens (tertiary/aromatic N) is 2. The van der Waals surface area contributed by atoms with Crippen LogP contribution in [0.15, 0.2) is 71.1 Å². The summed E-state index contributed by atoms with van der Waals surface area (Å²) in [5, 5.41) is 10.9. The van der Waals surface area contributed by atoms with Gasteiger partial charge in [-0.3, -0.25) is 19.7 Å². The van der Waals surface area contributed by atoms with Gasteiger partial charge in [0, 0.05) is 60.5 Å². The summed E-state index contributed by atoms with van der Waals surface area (Å²) in [7, 11) is 2.01. The smallest absolute Gasteiger partial charge is 0.269 e. The van der Waals surface area contributed by atoms with Crippen LogP contribution >= 0.6 is 0 Å². The summed E-state index contributed by atoms with van der Waals surface area (Å²) in [5.41, 5.74) is 5.13. The van der Waals surface area contributed by atoms with Gasteiger partial charge in [0.05, 0.1) is 4.92 Å². The SMILES string of the molecule is CN1C2=C(C(=O)CC(C)(C)C2)C(c2ccc(OCc3ccc([N+](=O)[O-])cc3)cc2)C2=C1CC(C)(C)CC2=O. The lowest BCUT2D eigenvalue weighted by molar-refractivity contribution is -0.384. The number of carbonyl (C=O) groups is 2. The molecule has 0 N–H and O–H groups in total. The third-order valence-electron chi connectivity index (χ3n) is 7.95. The fourth-order valence-corrected chi connectivity index (χ4v) is 6.14. The molecule has 0 radical (unpaired) electrons. The monoisotopic (exact) mass is 514 g/mol. The summed E-state index contributed by atoms with van der Waals surface area (Å²) in [5.74, 6) is 0.523. The molecule has 1 aliphatic heterocycles. The van der Waals surface area contributed by atoms with Crippen molar-refractivity contribution in [3.63, 3.8) is 0 Å². The molecule has 0 unspecified atom stereocenters. The number of hydrogen-bond acceptors (Lipinski definition) is 6. The summed E-state index contributed by atoms with van der Waals surface area (Å²) in [4.78, 5) is 39.8. The van der Waals surface area contributed by atoms with Crippen molar-refractivity contribution in [3.8, 4) is 5.75 Å². The molecule has 0 atom stereocenters. The summed E-state index contributed by atoms with van der Waals surface area (Å²) in [6.45, 7) is 8.81. The first kappa shape index (κ1) is 25.9. The van der Waals surface area contributed by atoms with Crippen LogP contribution in [0.4, 0.5) is 5.69 Å². The number of hydrogen-bond donors (Lipinski definition) is 0. The molecule has 1 heterocycles. The minimum atomic E-state index is -0.426. The van der Waals surface area contributed by atoms with Gasteiger partial charge < -0.3 is 9.64 Å². The number of non-ortho nitro benzene ring substituents is 1. The maximum absolute atomic E-state index is 13.6. The Balaban J connectivity index is 1.47. The van der Waals surface area contributed by atoms with Crippen molar-refractivity contribution in [1.29, 1.82) is 0 Å². The standard InChI is InChI=1S/C31H34N2O5/c1-30(2)14-23-28(25(34)16-30)27(29-24(32(23)5)15-31(3,4)17-26(29)35)20-8-12-22(13-9-20)38-18-19-6-10-21(11-7-19)33(36)37/h6-13,27H,14-18H2,1-5H3. The van der Waals surface area contributed by atoms with Gasteiger partial charge in [-0.05, 0) is 59.1 Å². The summed E-state index contributed by atoms with van der Waals surface area (Å²) in [6, 6.07) is 13.9. The van der Waals surface area contributed by atoms with E-state index in [-0.39, 0.29) is 40.6 Å². The Morgan fingerprint density at radius 3 is 1.82 bits per heavy atom. The lowest BCUT2D eigenvalue weighted by Crippen LogP contribution is -2.43. The summed E-state index contributed by atoms with van der Waals surface area (Å²) in [6.07, 6.45) is 2.52. The van der Waals surface area contributed by atoms with Crippen LogP contribution in [0.25, 0.3) is 0 Å². The number of nitro benzene ring substituents is 1. The highest BCUT2D eigenvalue weighted by Crippen LogP contribution is 2.53. The van der Waals surface area contributed by atoms with Gasteiger partial charge in [-0.25, -0.2) is 0 Å². The normalized spacial score (nSPS) is 20.8. The van der Waals surface area contributed by atoms with E-state index >= 15 is 0 Å². The molecule has 2 aromatic rings. The van der Waals surface area contributed by atoms with E-state index < -0.39 is 4.92 Å². The maximum Gasteiger partial charge on any atom is 0.269 e. The van der Waals surface area contributed by atoms with Crippen LogP contribution in [0.5, 0.6) is 5.75 Å². The number of benzene rings is 2. The van der Waals surface area contributed by atoms with Crippen LogP contribution in [0.2, 0.25) is 0 Å². The van der Waals surface area contributed by atoms with E-state index in [0.29, 0.717) is 18.6 Å². The molecular weight excluding hydrogens is 480 g/mol. The van der Waals surface area contributed by atoms with Crippen molar-refractivity contribution in [2.45, 2.75) is 65.9 Å².